The molecule has 148 valence electrons. The Labute approximate surface area is 173 Å². The Kier molecular flexibility index (Phi) is 4.73. The number of fused-ring (bicyclic) bond motifs is 2. The highest BCUT2D eigenvalue weighted by Crippen LogP contribution is 2.37. The van der Waals surface area contributed by atoms with E-state index in [4.69, 9.17) is 21.7 Å². The first-order chi connectivity index (χ1) is 14.3. The number of thiocarbonyl (C=S) groups is 1. The minimum atomic E-state index is 0.247. The molecule has 2 aromatic heterocycles. The van der Waals surface area contributed by atoms with E-state index in [0.717, 1.165) is 65.1 Å². The maximum atomic E-state index is 5.58. The van der Waals surface area contributed by atoms with Gasteiger partial charge in [-0.25, -0.2) is 9.97 Å². The molecule has 29 heavy (non-hydrogen) atoms. The molecular weight excluding hydrogens is 388 g/mol. The van der Waals surface area contributed by atoms with Gasteiger partial charge in [0.15, 0.2) is 16.6 Å². The van der Waals surface area contributed by atoms with Crippen molar-refractivity contribution in [3.63, 3.8) is 0 Å². The predicted octanol–water partition coefficient (Wildman–Crippen LogP) is 1.95. The molecular formula is C20H20N6O2S. The summed E-state index contributed by atoms with van der Waals surface area (Å²) in [6.07, 6.45) is 5.22. The fourth-order valence-electron chi connectivity index (χ4n) is 3.60. The molecule has 2 aliphatic heterocycles. The molecule has 0 atom stereocenters. The average Bonchev–Trinajstić information content (AvgIpc) is 3.24. The van der Waals surface area contributed by atoms with Crippen molar-refractivity contribution in [2.24, 2.45) is 0 Å². The largest absolute Gasteiger partial charge is 0.454 e. The lowest BCUT2D eigenvalue weighted by Gasteiger charge is -2.37. The lowest BCUT2D eigenvalue weighted by atomic mass is 10.2. The van der Waals surface area contributed by atoms with Crippen molar-refractivity contribution in [2.75, 3.05) is 37.9 Å². The van der Waals surface area contributed by atoms with Gasteiger partial charge in [0.1, 0.15) is 12.1 Å². The van der Waals surface area contributed by atoms with E-state index in [1.165, 1.54) is 0 Å². The number of ether oxygens (including phenoxy) is 2. The van der Waals surface area contributed by atoms with Crippen molar-refractivity contribution in [1.29, 1.82) is 0 Å². The zero-order chi connectivity index (χ0) is 19.6. The Morgan fingerprint density at radius 1 is 1.10 bits per heavy atom. The summed E-state index contributed by atoms with van der Waals surface area (Å²) in [4.78, 5) is 17.5. The van der Waals surface area contributed by atoms with Crippen LogP contribution < -0.4 is 19.7 Å². The van der Waals surface area contributed by atoms with Crippen molar-refractivity contribution in [3.05, 3.63) is 48.5 Å². The summed E-state index contributed by atoms with van der Waals surface area (Å²) in [6.45, 7) is 4.24. The average molecular weight is 408 g/mol. The number of hydrogen-bond acceptors (Lipinski definition) is 7. The van der Waals surface area contributed by atoms with E-state index < -0.39 is 0 Å². The van der Waals surface area contributed by atoms with E-state index in [2.05, 4.69) is 30.1 Å². The molecule has 4 heterocycles. The van der Waals surface area contributed by atoms with Crippen LogP contribution in [-0.2, 0) is 6.54 Å². The van der Waals surface area contributed by atoms with E-state index in [1.807, 2.05) is 30.5 Å². The van der Waals surface area contributed by atoms with E-state index in [0.29, 0.717) is 6.54 Å². The standard InChI is InChI=1S/C20H20N6O2S/c29-20(22-11-14-2-1-3-21-10-14)26-6-4-25(5-7-26)19-15-8-17-18(28-13-27-17)9-16(15)23-12-24-19/h1-3,8-10,12H,4-7,11,13H2,(H,22,29). The number of benzene rings is 1. The second-order valence-corrected chi connectivity index (χ2v) is 7.30. The first kappa shape index (κ1) is 17.9. The van der Waals surface area contributed by atoms with E-state index in [1.54, 1.807) is 12.5 Å². The van der Waals surface area contributed by atoms with Gasteiger partial charge < -0.3 is 24.6 Å². The summed E-state index contributed by atoms with van der Waals surface area (Å²) < 4.78 is 11.0. The fraction of sp³-hybridized carbons (Fsp3) is 0.300. The van der Waals surface area contributed by atoms with Gasteiger partial charge in [-0.2, -0.15) is 0 Å². The first-order valence-corrected chi connectivity index (χ1v) is 9.90. The molecule has 1 fully saturated rings. The van der Waals surface area contributed by atoms with Crippen molar-refractivity contribution >= 4 is 34.1 Å². The molecule has 0 radical (unpaired) electrons. The highest BCUT2D eigenvalue weighted by atomic mass is 32.1. The topological polar surface area (TPSA) is 75.6 Å². The molecule has 0 amide bonds. The molecule has 0 bridgehead atoms. The number of piperazine rings is 1. The summed E-state index contributed by atoms with van der Waals surface area (Å²) >= 11 is 5.58. The van der Waals surface area contributed by atoms with Gasteiger partial charge in [0, 0.05) is 56.6 Å². The monoisotopic (exact) mass is 408 g/mol. The van der Waals surface area contributed by atoms with Gasteiger partial charge in [0.05, 0.1) is 5.52 Å². The van der Waals surface area contributed by atoms with Crippen LogP contribution >= 0.6 is 12.2 Å². The van der Waals surface area contributed by atoms with Gasteiger partial charge in [-0.15, -0.1) is 0 Å². The molecule has 5 rings (SSSR count). The molecule has 9 heteroatoms. The lowest BCUT2D eigenvalue weighted by Crippen LogP contribution is -2.51. The third kappa shape index (κ3) is 3.61. The number of nitrogens with zero attached hydrogens (tertiary/aromatic N) is 5. The Morgan fingerprint density at radius 3 is 2.72 bits per heavy atom. The molecule has 0 unspecified atom stereocenters. The van der Waals surface area contributed by atoms with Crippen molar-refractivity contribution in [3.8, 4) is 11.5 Å². The predicted molar refractivity (Wildman–Crippen MR) is 113 cm³/mol. The smallest absolute Gasteiger partial charge is 0.231 e. The second-order valence-electron chi connectivity index (χ2n) is 6.91. The van der Waals surface area contributed by atoms with E-state index in [-0.39, 0.29) is 6.79 Å². The molecule has 1 aromatic carbocycles. The SMILES string of the molecule is S=C(NCc1cccnc1)N1CCN(c2ncnc3cc4c(cc23)OCO4)CC1. The van der Waals surface area contributed by atoms with Crippen LogP contribution in [0.1, 0.15) is 5.56 Å². The highest BCUT2D eigenvalue weighted by molar-refractivity contribution is 7.80. The van der Waals surface area contributed by atoms with Gasteiger partial charge >= 0.3 is 0 Å². The van der Waals surface area contributed by atoms with Gasteiger partial charge in [-0.3, -0.25) is 4.98 Å². The zero-order valence-corrected chi connectivity index (χ0v) is 16.6. The van der Waals surface area contributed by atoms with E-state index in [9.17, 15) is 0 Å². The molecule has 0 spiro atoms. The highest BCUT2D eigenvalue weighted by Gasteiger charge is 2.23. The minimum Gasteiger partial charge on any atom is -0.454 e. The zero-order valence-electron chi connectivity index (χ0n) is 15.7. The van der Waals surface area contributed by atoms with E-state index >= 15 is 0 Å². The third-order valence-electron chi connectivity index (χ3n) is 5.14. The Hall–Kier alpha value is -3.20. The fourth-order valence-corrected chi connectivity index (χ4v) is 3.85. The van der Waals surface area contributed by atoms with Crippen molar-refractivity contribution in [2.45, 2.75) is 6.54 Å². The number of aromatic nitrogens is 3. The lowest BCUT2D eigenvalue weighted by molar-refractivity contribution is 0.174. The van der Waals surface area contributed by atoms with Crippen molar-refractivity contribution < 1.29 is 9.47 Å². The molecule has 1 saturated heterocycles. The molecule has 0 saturated carbocycles. The van der Waals surface area contributed by atoms with Crippen LogP contribution in [0.5, 0.6) is 11.5 Å². The van der Waals surface area contributed by atoms with Gasteiger partial charge in [-0.05, 0) is 29.9 Å². The van der Waals surface area contributed by atoms with Crippen molar-refractivity contribution in [1.82, 2.24) is 25.2 Å². The number of anilines is 1. The van der Waals surface area contributed by atoms with Gasteiger partial charge in [-0.1, -0.05) is 6.07 Å². The van der Waals surface area contributed by atoms with Crippen LogP contribution in [0.25, 0.3) is 10.9 Å². The van der Waals surface area contributed by atoms with Gasteiger partial charge in [0.2, 0.25) is 6.79 Å². The summed E-state index contributed by atoms with van der Waals surface area (Å²) in [6, 6.07) is 7.85. The molecule has 3 aromatic rings. The molecule has 8 nitrogen and oxygen atoms in total. The normalized spacial score (nSPS) is 15.6. The molecule has 1 N–H and O–H groups in total. The summed E-state index contributed by atoms with van der Waals surface area (Å²) in [7, 11) is 0. The minimum absolute atomic E-state index is 0.247. The Morgan fingerprint density at radius 2 is 1.93 bits per heavy atom. The van der Waals surface area contributed by atoms with Gasteiger partial charge in [0.25, 0.3) is 0 Å². The maximum Gasteiger partial charge on any atom is 0.231 e. The van der Waals surface area contributed by atoms with Crippen LogP contribution in [0.2, 0.25) is 0 Å². The number of rotatable bonds is 3. The molecule has 2 aliphatic rings. The number of nitrogens with one attached hydrogen (secondary N) is 1. The Balaban J connectivity index is 1.25. The van der Waals surface area contributed by atoms with Crippen LogP contribution in [0.4, 0.5) is 5.82 Å². The summed E-state index contributed by atoms with van der Waals surface area (Å²) in [5.41, 5.74) is 1.97. The summed E-state index contributed by atoms with van der Waals surface area (Å²) in [5, 5.41) is 5.07. The number of pyridine rings is 1. The van der Waals surface area contributed by atoms with Crippen LogP contribution in [0, 0.1) is 0 Å². The Bertz CT molecular complexity index is 1040. The maximum absolute atomic E-state index is 5.58. The van der Waals surface area contributed by atoms with Crippen LogP contribution in [0.15, 0.2) is 43.0 Å². The third-order valence-corrected chi connectivity index (χ3v) is 5.54. The number of hydrogen-bond donors (Lipinski definition) is 1. The molecule has 0 aliphatic carbocycles. The van der Waals surface area contributed by atoms with Crippen LogP contribution in [0.3, 0.4) is 0 Å². The summed E-state index contributed by atoms with van der Waals surface area (Å²) in [5.74, 6) is 2.40. The quantitative estimate of drug-likeness (QED) is 0.655. The second kappa shape index (κ2) is 7.67. The first-order valence-electron chi connectivity index (χ1n) is 9.49. The van der Waals surface area contributed by atoms with Crippen LogP contribution in [-0.4, -0.2) is 57.9 Å².